The normalized spacial score (nSPS) is 12.0. The summed E-state index contributed by atoms with van der Waals surface area (Å²) < 4.78 is 7.55. The van der Waals surface area contributed by atoms with Gasteiger partial charge in [0.25, 0.3) is 0 Å². The molecule has 0 atom stereocenters. The number of aromatic nitrogens is 2. The second-order valence-corrected chi connectivity index (χ2v) is 15.6. The molecule has 0 saturated heterocycles. The molecule has 55 heavy (non-hydrogen) atoms. The molecule has 256 valence electrons. The molecule has 3 heteroatoms. The van der Waals surface area contributed by atoms with Gasteiger partial charge in [-0.15, -0.1) is 11.3 Å². The highest BCUT2D eigenvalue weighted by molar-refractivity contribution is 7.26. The van der Waals surface area contributed by atoms with Crippen molar-refractivity contribution in [3.8, 4) is 33.6 Å². The van der Waals surface area contributed by atoms with Gasteiger partial charge in [-0.05, 0) is 93.7 Å². The van der Waals surface area contributed by atoms with Crippen LogP contribution in [-0.2, 0) is 0 Å². The molecule has 0 saturated carbocycles. The molecule has 0 bridgehead atoms. The van der Waals surface area contributed by atoms with Gasteiger partial charge in [-0.2, -0.15) is 0 Å². The average Bonchev–Trinajstić information content (AvgIpc) is 3.91. The van der Waals surface area contributed by atoms with Gasteiger partial charge in [-0.3, -0.25) is 0 Å². The van der Waals surface area contributed by atoms with Crippen LogP contribution in [0.5, 0.6) is 0 Å². The summed E-state index contributed by atoms with van der Waals surface area (Å²) in [5.41, 5.74) is 12.2. The first-order valence-electron chi connectivity index (χ1n) is 18.8. The summed E-state index contributed by atoms with van der Waals surface area (Å²) in [6, 6.07) is 71.4. The lowest BCUT2D eigenvalue weighted by molar-refractivity contribution is 1.18. The average molecular weight is 717 g/mol. The molecule has 9 aromatic carbocycles. The van der Waals surface area contributed by atoms with E-state index >= 15 is 0 Å². The van der Waals surface area contributed by atoms with Crippen LogP contribution in [0.25, 0.3) is 108 Å². The van der Waals surface area contributed by atoms with E-state index in [0.29, 0.717) is 0 Å². The fraction of sp³-hybridized carbons (Fsp3) is 0. The number of fused-ring (bicyclic) bond motifs is 11. The van der Waals surface area contributed by atoms with Crippen LogP contribution in [0.1, 0.15) is 0 Å². The van der Waals surface area contributed by atoms with Crippen LogP contribution in [0.2, 0.25) is 0 Å². The Morgan fingerprint density at radius 2 is 1.00 bits per heavy atom. The van der Waals surface area contributed by atoms with Crippen LogP contribution in [0, 0.1) is 0 Å². The second kappa shape index (κ2) is 11.8. The molecular formula is C52H32N2S. The lowest BCUT2D eigenvalue weighted by atomic mass is 9.95. The second-order valence-electron chi connectivity index (χ2n) is 14.5. The van der Waals surface area contributed by atoms with Gasteiger partial charge in [0.05, 0.1) is 26.8 Å². The third-order valence-corrected chi connectivity index (χ3v) is 12.6. The first-order valence-corrected chi connectivity index (χ1v) is 19.7. The van der Waals surface area contributed by atoms with E-state index in [0.717, 1.165) is 5.69 Å². The smallest absolute Gasteiger partial charge is 0.0720 e. The number of benzene rings is 9. The number of nitrogens with zero attached hydrogens (tertiary/aromatic N) is 2. The number of hydrogen-bond acceptors (Lipinski definition) is 1. The highest BCUT2D eigenvalue weighted by Crippen LogP contribution is 2.48. The van der Waals surface area contributed by atoms with E-state index in [1.165, 1.54) is 102 Å². The molecule has 0 radical (unpaired) electrons. The molecule has 0 aliphatic carbocycles. The highest BCUT2D eigenvalue weighted by atomic mass is 32.1. The summed E-state index contributed by atoms with van der Waals surface area (Å²) in [6.45, 7) is 0. The van der Waals surface area contributed by atoms with Crippen LogP contribution in [0.15, 0.2) is 194 Å². The van der Waals surface area contributed by atoms with Crippen molar-refractivity contribution in [2.24, 2.45) is 0 Å². The fourth-order valence-electron chi connectivity index (χ4n) is 9.02. The van der Waals surface area contributed by atoms with Gasteiger partial charge in [-0.25, -0.2) is 0 Å². The molecule has 0 N–H and O–H groups in total. The Morgan fingerprint density at radius 1 is 0.345 bits per heavy atom. The minimum atomic E-state index is 1.16. The van der Waals surface area contributed by atoms with E-state index in [1.54, 1.807) is 0 Å². The summed E-state index contributed by atoms with van der Waals surface area (Å²) in [5.74, 6) is 0. The van der Waals surface area contributed by atoms with Crippen molar-refractivity contribution in [3.05, 3.63) is 194 Å². The number of rotatable bonds is 4. The summed E-state index contributed by atoms with van der Waals surface area (Å²) in [4.78, 5) is 0. The van der Waals surface area contributed by atoms with Gasteiger partial charge < -0.3 is 9.13 Å². The summed E-state index contributed by atoms with van der Waals surface area (Å²) in [6.07, 6.45) is 0. The Bertz CT molecular complexity index is 3490. The Kier molecular flexibility index (Phi) is 6.54. The van der Waals surface area contributed by atoms with Crippen molar-refractivity contribution >= 4 is 85.9 Å². The molecular weight excluding hydrogens is 685 g/mol. The Labute approximate surface area is 321 Å². The Morgan fingerprint density at radius 3 is 1.85 bits per heavy atom. The van der Waals surface area contributed by atoms with Gasteiger partial charge in [0, 0.05) is 48.4 Å². The zero-order valence-electron chi connectivity index (χ0n) is 29.8. The highest BCUT2D eigenvalue weighted by Gasteiger charge is 2.22. The topological polar surface area (TPSA) is 9.86 Å². The third-order valence-electron chi connectivity index (χ3n) is 11.5. The Hall–Kier alpha value is -6.94. The van der Waals surface area contributed by atoms with Gasteiger partial charge in [0.15, 0.2) is 0 Å². The Balaban J connectivity index is 1.15. The lowest BCUT2D eigenvalue weighted by Crippen LogP contribution is -1.95. The van der Waals surface area contributed by atoms with Gasteiger partial charge in [0.1, 0.15) is 0 Å². The number of hydrogen-bond donors (Lipinski definition) is 0. The summed E-state index contributed by atoms with van der Waals surface area (Å²) >= 11 is 1.91. The molecule has 0 amide bonds. The van der Waals surface area contributed by atoms with E-state index in [1.807, 2.05) is 11.3 Å². The van der Waals surface area contributed by atoms with E-state index in [2.05, 4.69) is 203 Å². The monoisotopic (exact) mass is 716 g/mol. The van der Waals surface area contributed by atoms with Crippen LogP contribution in [0.3, 0.4) is 0 Å². The SMILES string of the molecule is c1ccc(-c2cccc(-n3c4ccccc4c4cc(-c5cc6c7ccccc7n(-c7ccc8ccccc8c7)c6c6sc7ccccc7c56)ccc43)c2)cc1. The first-order chi connectivity index (χ1) is 27.3. The maximum Gasteiger partial charge on any atom is 0.0720 e. The molecule has 3 heterocycles. The zero-order chi connectivity index (χ0) is 36.0. The zero-order valence-corrected chi connectivity index (χ0v) is 30.6. The van der Waals surface area contributed by atoms with Crippen molar-refractivity contribution in [2.75, 3.05) is 0 Å². The van der Waals surface area contributed by atoms with E-state index in [-0.39, 0.29) is 0 Å². The molecule has 0 aliphatic rings. The molecule has 0 fully saturated rings. The summed E-state index contributed by atoms with van der Waals surface area (Å²) in [5, 5.41) is 10.2. The van der Waals surface area contributed by atoms with E-state index < -0.39 is 0 Å². The van der Waals surface area contributed by atoms with Crippen molar-refractivity contribution in [3.63, 3.8) is 0 Å². The molecule has 2 nitrogen and oxygen atoms in total. The molecule has 0 unspecified atom stereocenters. The molecule has 12 rings (SSSR count). The fourth-order valence-corrected chi connectivity index (χ4v) is 10.3. The number of thiophene rings is 1. The summed E-state index contributed by atoms with van der Waals surface area (Å²) in [7, 11) is 0. The van der Waals surface area contributed by atoms with Crippen LogP contribution >= 0.6 is 11.3 Å². The van der Waals surface area contributed by atoms with E-state index in [4.69, 9.17) is 0 Å². The molecule has 12 aromatic rings. The molecule has 0 aliphatic heterocycles. The van der Waals surface area contributed by atoms with Crippen molar-refractivity contribution in [1.29, 1.82) is 0 Å². The first kappa shape index (κ1) is 30.5. The van der Waals surface area contributed by atoms with Crippen molar-refractivity contribution in [1.82, 2.24) is 9.13 Å². The van der Waals surface area contributed by atoms with Crippen molar-refractivity contribution < 1.29 is 0 Å². The quantitative estimate of drug-likeness (QED) is 0.172. The van der Waals surface area contributed by atoms with Crippen LogP contribution < -0.4 is 0 Å². The predicted octanol–water partition coefficient (Wildman–Crippen LogP) is 14.7. The van der Waals surface area contributed by atoms with E-state index in [9.17, 15) is 0 Å². The molecule has 0 spiro atoms. The largest absolute Gasteiger partial charge is 0.309 e. The van der Waals surface area contributed by atoms with Crippen LogP contribution in [-0.4, -0.2) is 9.13 Å². The maximum absolute atomic E-state index is 2.50. The molecule has 3 aromatic heterocycles. The predicted molar refractivity (Wildman–Crippen MR) is 236 cm³/mol. The standard InChI is InChI=1S/C52H32N2S/c1-2-13-33(14-3-1)36-17-12-18-38(29-36)53-46-22-9-6-19-40(46)44-31-37(26-28-48(44)53)43-32-45-41-20-7-10-23-47(41)54(39-27-25-34-15-4-5-16-35(34)30-39)51(45)52-50(43)42-21-8-11-24-49(42)55-52/h1-32H. The van der Waals surface area contributed by atoms with Crippen molar-refractivity contribution in [2.45, 2.75) is 0 Å². The minimum absolute atomic E-state index is 1.16. The third kappa shape index (κ3) is 4.54. The van der Waals surface area contributed by atoms with Gasteiger partial charge in [-0.1, -0.05) is 133 Å². The maximum atomic E-state index is 2.50. The number of para-hydroxylation sites is 2. The van der Waals surface area contributed by atoms with Crippen LogP contribution in [0.4, 0.5) is 0 Å². The minimum Gasteiger partial charge on any atom is -0.309 e. The van der Waals surface area contributed by atoms with Gasteiger partial charge in [0.2, 0.25) is 0 Å². The van der Waals surface area contributed by atoms with Gasteiger partial charge >= 0.3 is 0 Å². The lowest BCUT2D eigenvalue weighted by Gasteiger charge is -2.12.